The number of nitrogens with one attached hydrogen (secondary N) is 1. The molecule has 0 spiro atoms. The summed E-state index contributed by atoms with van der Waals surface area (Å²) in [4.78, 5) is 0. The number of ether oxygens (including phenoxy) is 1. The zero-order chi connectivity index (χ0) is 13.6. The van der Waals surface area contributed by atoms with E-state index in [-0.39, 0.29) is 17.4 Å². The van der Waals surface area contributed by atoms with Crippen LogP contribution in [-0.2, 0) is 14.6 Å². The maximum absolute atomic E-state index is 11.3. The molecule has 0 amide bonds. The van der Waals surface area contributed by atoms with Crippen LogP contribution >= 0.6 is 0 Å². The second-order valence-electron chi connectivity index (χ2n) is 5.32. The van der Waals surface area contributed by atoms with E-state index in [0.29, 0.717) is 6.42 Å². The van der Waals surface area contributed by atoms with Crippen LogP contribution in [0.3, 0.4) is 0 Å². The summed E-state index contributed by atoms with van der Waals surface area (Å²) in [7, 11) is -1.26. The van der Waals surface area contributed by atoms with Crippen LogP contribution in [0.25, 0.3) is 0 Å². The molecule has 1 saturated carbocycles. The van der Waals surface area contributed by atoms with Crippen LogP contribution in [0, 0.1) is 0 Å². The van der Waals surface area contributed by atoms with Crippen LogP contribution in [0.15, 0.2) is 0 Å². The Hall–Kier alpha value is -0.170. The smallest absolute Gasteiger partial charge is 0.147 e. The summed E-state index contributed by atoms with van der Waals surface area (Å²) in [5.41, 5.74) is 2.46. The van der Waals surface area contributed by atoms with Crippen molar-refractivity contribution in [3.05, 3.63) is 0 Å². The van der Waals surface area contributed by atoms with Crippen molar-refractivity contribution in [2.75, 3.05) is 19.1 Å². The van der Waals surface area contributed by atoms with E-state index in [1.54, 1.807) is 7.11 Å². The summed E-state index contributed by atoms with van der Waals surface area (Å²) in [6.45, 7) is 0. The molecule has 0 saturated heterocycles. The Morgan fingerprint density at radius 3 is 2.22 bits per heavy atom. The summed E-state index contributed by atoms with van der Waals surface area (Å²) >= 11 is 0. The van der Waals surface area contributed by atoms with E-state index < -0.39 is 9.84 Å². The second kappa shape index (κ2) is 6.84. The molecule has 18 heavy (non-hydrogen) atoms. The van der Waals surface area contributed by atoms with E-state index in [1.807, 2.05) is 0 Å². The molecule has 0 aromatic rings. The van der Waals surface area contributed by atoms with Crippen LogP contribution in [-0.4, -0.2) is 39.2 Å². The number of nitrogens with two attached hydrogens (primary N) is 1. The molecule has 1 rings (SSSR count). The first-order valence-corrected chi connectivity index (χ1v) is 8.68. The van der Waals surface area contributed by atoms with E-state index in [4.69, 9.17) is 10.6 Å². The van der Waals surface area contributed by atoms with Gasteiger partial charge >= 0.3 is 0 Å². The SMILES string of the molecule is COC1(C(CCS(C)(=O)=O)NN)CCCCCC1. The molecular weight excluding hydrogens is 252 g/mol. The van der Waals surface area contributed by atoms with Gasteiger partial charge in [0.15, 0.2) is 0 Å². The minimum Gasteiger partial charge on any atom is -0.377 e. The monoisotopic (exact) mass is 278 g/mol. The Kier molecular flexibility index (Phi) is 6.04. The van der Waals surface area contributed by atoms with Gasteiger partial charge in [0, 0.05) is 13.4 Å². The normalized spacial score (nSPS) is 22.4. The summed E-state index contributed by atoms with van der Waals surface area (Å²) in [6, 6.07) is -0.102. The highest BCUT2D eigenvalue weighted by Crippen LogP contribution is 2.34. The van der Waals surface area contributed by atoms with E-state index in [2.05, 4.69) is 5.43 Å². The van der Waals surface area contributed by atoms with E-state index >= 15 is 0 Å². The number of sulfone groups is 1. The molecule has 3 N–H and O–H groups in total. The Morgan fingerprint density at radius 1 is 1.28 bits per heavy atom. The number of methoxy groups -OCH3 is 1. The highest BCUT2D eigenvalue weighted by atomic mass is 32.2. The highest BCUT2D eigenvalue weighted by molar-refractivity contribution is 7.90. The molecule has 1 atom stereocenters. The molecular formula is C12H26N2O3S. The van der Waals surface area contributed by atoms with Gasteiger partial charge in [0.25, 0.3) is 0 Å². The average Bonchev–Trinajstić information content (AvgIpc) is 2.55. The lowest BCUT2D eigenvalue weighted by Crippen LogP contribution is -2.55. The van der Waals surface area contributed by atoms with Crippen LogP contribution in [0.2, 0.25) is 0 Å². The maximum atomic E-state index is 11.3. The minimum atomic E-state index is -2.96. The first-order valence-electron chi connectivity index (χ1n) is 6.62. The fraction of sp³-hybridized carbons (Fsp3) is 1.00. The molecule has 5 nitrogen and oxygen atoms in total. The molecule has 1 fully saturated rings. The lowest BCUT2D eigenvalue weighted by Gasteiger charge is -2.39. The largest absolute Gasteiger partial charge is 0.377 e. The third kappa shape index (κ3) is 4.50. The van der Waals surface area contributed by atoms with Gasteiger partial charge in [-0.25, -0.2) is 8.42 Å². The van der Waals surface area contributed by atoms with E-state index in [9.17, 15) is 8.42 Å². The zero-order valence-corrected chi connectivity index (χ0v) is 12.3. The molecule has 1 aliphatic carbocycles. The Labute approximate surface area is 110 Å². The quantitative estimate of drug-likeness (QED) is 0.430. The first kappa shape index (κ1) is 15.9. The predicted molar refractivity (Wildman–Crippen MR) is 72.9 cm³/mol. The van der Waals surface area contributed by atoms with Gasteiger partial charge in [0.2, 0.25) is 0 Å². The Balaban J connectivity index is 2.74. The fourth-order valence-electron chi connectivity index (χ4n) is 2.85. The average molecular weight is 278 g/mol. The zero-order valence-electron chi connectivity index (χ0n) is 11.4. The lowest BCUT2D eigenvalue weighted by atomic mass is 9.85. The van der Waals surface area contributed by atoms with Crippen molar-refractivity contribution in [3.63, 3.8) is 0 Å². The summed E-state index contributed by atoms with van der Waals surface area (Å²) in [5.74, 6) is 5.77. The van der Waals surface area contributed by atoms with Gasteiger partial charge in [-0.3, -0.25) is 11.3 Å². The molecule has 0 aromatic carbocycles. The molecule has 0 aromatic heterocycles. The summed E-state index contributed by atoms with van der Waals surface area (Å²) in [5, 5.41) is 0. The third-order valence-corrected chi connectivity index (χ3v) is 4.95. The van der Waals surface area contributed by atoms with Gasteiger partial charge in [-0.05, 0) is 19.3 Å². The van der Waals surface area contributed by atoms with Crippen molar-refractivity contribution >= 4 is 9.84 Å². The van der Waals surface area contributed by atoms with Crippen molar-refractivity contribution in [1.29, 1.82) is 0 Å². The third-order valence-electron chi connectivity index (χ3n) is 3.97. The molecule has 0 heterocycles. The number of rotatable bonds is 6. The van der Waals surface area contributed by atoms with Gasteiger partial charge in [-0.2, -0.15) is 0 Å². The van der Waals surface area contributed by atoms with Crippen LogP contribution in [0.1, 0.15) is 44.9 Å². The van der Waals surface area contributed by atoms with E-state index in [1.165, 1.54) is 19.1 Å². The second-order valence-corrected chi connectivity index (χ2v) is 7.58. The first-order chi connectivity index (χ1) is 8.43. The number of hydrazine groups is 1. The van der Waals surface area contributed by atoms with E-state index in [0.717, 1.165) is 25.7 Å². The predicted octanol–water partition coefficient (Wildman–Crippen LogP) is 0.992. The minimum absolute atomic E-state index is 0.102. The van der Waals surface area contributed by atoms with Crippen LogP contribution in [0.5, 0.6) is 0 Å². The van der Waals surface area contributed by atoms with Gasteiger partial charge in [-0.15, -0.1) is 0 Å². The maximum Gasteiger partial charge on any atom is 0.147 e. The molecule has 1 aliphatic rings. The van der Waals surface area contributed by atoms with Crippen molar-refractivity contribution < 1.29 is 13.2 Å². The van der Waals surface area contributed by atoms with Gasteiger partial charge in [-0.1, -0.05) is 25.7 Å². The Morgan fingerprint density at radius 2 is 1.83 bits per heavy atom. The summed E-state index contributed by atoms with van der Waals surface area (Å²) in [6.07, 6.45) is 8.32. The number of hydrogen-bond donors (Lipinski definition) is 2. The molecule has 0 bridgehead atoms. The van der Waals surface area contributed by atoms with Crippen molar-refractivity contribution in [3.8, 4) is 0 Å². The molecule has 1 unspecified atom stereocenters. The molecule has 108 valence electrons. The van der Waals surface area contributed by atoms with Crippen molar-refractivity contribution in [2.45, 2.75) is 56.6 Å². The molecule has 0 radical (unpaired) electrons. The number of hydrogen-bond acceptors (Lipinski definition) is 5. The topological polar surface area (TPSA) is 81.4 Å². The van der Waals surface area contributed by atoms with Crippen LogP contribution < -0.4 is 11.3 Å². The van der Waals surface area contributed by atoms with Crippen LogP contribution in [0.4, 0.5) is 0 Å². The highest BCUT2D eigenvalue weighted by Gasteiger charge is 2.38. The van der Waals surface area contributed by atoms with Gasteiger partial charge in [0.05, 0.1) is 17.4 Å². The van der Waals surface area contributed by atoms with Gasteiger partial charge < -0.3 is 4.74 Å². The standard InChI is InChI=1S/C12H26N2O3S/c1-17-12(8-5-3-4-6-9-12)11(14-13)7-10-18(2,15)16/h11,14H,3-10,13H2,1-2H3. The lowest BCUT2D eigenvalue weighted by molar-refractivity contribution is -0.0534. The molecule has 6 heteroatoms. The van der Waals surface area contributed by atoms with Crippen molar-refractivity contribution in [1.82, 2.24) is 5.43 Å². The van der Waals surface area contributed by atoms with Crippen molar-refractivity contribution in [2.24, 2.45) is 5.84 Å². The summed E-state index contributed by atoms with van der Waals surface area (Å²) < 4.78 is 28.3. The molecule has 0 aliphatic heterocycles. The fourth-order valence-corrected chi connectivity index (χ4v) is 3.52. The Bertz CT molecular complexity index is 335. The van der Waals surface area contributed by atoms with Gasteiger partial charge in [0.1, 0.15) is 9.84 Å².